The minimum atomic E-state index is -0.250. The first-order valence-corrected chi connectivity index (χ1v) is 8.85. The van der Waals surface area contributed by atoms with E-state index in [-0.39, 0.29) is 18.3 Å². The van der Waals surface area contributed by atoms with Gasteiger partial charge in [-0.05, 0) is 43.5 Å². The zero-order chi connectivity index (χ0) is 20.8. The van der Waals surface area contributed by atoms with Gasteiger partial charge in [-0.2, -0.15) is 0 Å². The highest BCUT2D eigenvalue weighted by atomic mass is 16.5. The third-order valence-electron chi connectivity index (χ3n) is 3.96. The molecule has 148 valence electrons. The molecule has 5 nitrogen and oxygen atoms in total. The molecule has 1 aromatic rings. The van der Waals surface area contributed by atoms with Gasteiger partial charge in [0.05, 0.1) is 7.11 Å². The van der Waals surface area contributed by atoms with E-state index in [1.165, 1.54) is 11.1 Å². The van der Waals surface area contributed by atoms with E-state index in [1.54, 1.807) is 14.2 Å². The molecule has 1 unspecified atom stereocenters. The third kappa shape index (κ3) is 8.90. The van der Waals surface area contributed by atoms with Crippen molar-refractivity contribution in [3.8, 4) is 5.75 Å². The summed E-state index contributed by atoms with van der Waals surface area (Å²) in [4.78, 5) is 20.0. The third-order valence-corrected chi connectivity index (χ3v) is 3.96. The zero-order valence-electron chi connectivity index (χ0n) is 17.1. The average molecular weight is 373 g/mol. The standard InChI is InChI=1S/C21H29NO2.CH2O2/c1-7-9-18(13-15(2)12-16(3)21(23)22-5)17(4)19-10-8-11-20(14-19)24-6;2-1-3/h8-14,17H,7H2,1-6H3,(H,22,23);1H,(H,2,3)/b15-13-,16-12+,18-9-;. The first kappa shape index (κ1) is 24.2. The molecular weight excluding hydrogens is 342 g/mol. The van der Waals surface area contributed by atoms with Crippen LogP contribution < -0.4 is 10.1 Å². The number of carbonyl (C=O) groups excluding carboxylic acids is 1. The van der Waals surface area contributed by atoms with Gasteiger partial charge in [0.15, 0.2) is 0 Å². The van der Waals surface area contributed by atoms with Gasteiger partial charge < -0.3 is 15.2 Å². The van der Waals surface area contributed by atoms with E-state index in [9.17, 15) is 4.79 Å². The van der Waals surface area contributed by atoms with Gasteiger partial charge in [0.1, 0.15) is 5.75 Å². The van der Waals surface area contributed by atoms with Crippen LogP contribution in [0.25, 0.3) is 0 Å². The molecule has 0 aliphatic rings. The highest BCUT2D eigenvalue weighted by Gasteiger charge is 2.11. The van der Waals surface area contributed by atoms with Crippen molar-refractivity contribution in [2.75, 3.05) is 14.2 Å². The Labute approximate surface area is 162 Å². The lowest BCUT2D eigenvalue weighted by molar-refractivity contribution is -0.123. The Morgan fingerprint density at radius 3 is 2.44 bits per heavy atom. The second kappa shape index (κ2) is 13.4. The Balaban J connectivity index is 0.00000210. The van der Waals surface area contributed by atoms with Gasteiger partial charge in [-0.25, -0.2) is 0 Å². The second-order valence-corrected chi connectivity index (χ2v) is 6.01. The van der Waals surface area contributed by atoms with Crippen LogP contribution >= 0.6 is 0 Å². The first-order chi connectivity index (χ1) is 12.8. The number of nitrogens with one attached hydrogen (secondary N) is 1. The molecule has 0 aromatic heterocycles. The molecule has 0 bridgehead atoms. The highest BCUT2D eigenvalue weighted by molar-refractivity contribution is 5.93. The van der Waals surface area contributed by atoms with E-state index >= 15 is 0 Å². The molecule has 1 aromatic carbocycles. The number of hydrogen-bond donors (Lipinski definition) is 2. The minimum Gasteiger partial charge on any atom is -0.497 e. The van der Waals surface area contributed by atoms with Crippen LogP contribution in [0.1, 0.15) is 45.6 Å². The lowest BCUT2D eigenvalue weighted by Crippen LogP contribution is -2.18. The molecule has 0 saturated heterocycles. The maximum absolute atomic E-state index is 11.6. The van der Waals surface area contributed by atoms with Crippen molar-refractivity contribution in [3.63, 3.8) is 0 Å². The number of rotatable bonds is 7. The predicted molar refractivity (Wildman–Crippen MR) is 110 cm³/mol. The van der Waals surface area contributed by atoms with Crippen LogP contribution in [0.15, 0.2) is 59.2 Å². The lowest BCUT2D eigenvalue weighted by atomic mass is 9.90. The predicted octanol–water partition coefficient (Wildman–Crippen LogP) is 4.47. The second-order valence-electron chi connectivity index (χ2n) is 6.01. The summed E-state index contributed by atoms with van der Waals surface area (Å²) in [5.41, 5.74) is 4.22. The van der Waals surface area contributed by atoms with Crippen molar-refractivity contribution in [3.05, 3.63) is 64.8 Å². The van der Waals surface area contributed by atoms with Crippen LogP contribution in [0.2, 0.25) is 0 Å². The summed E-state index contributed by atoms with van der Waals surface area (Å²) in [6.45, 7) is 7.92. The molecule has 2 N–H and O–H groups in total. The summed E-state index contributed by atoms with van der Waals surface area (Å²) in [7, 11) is 3.33. The van der Waals surface area contributed by atoms with Gasteiger partial charge in [-0.1, -0.05) is 49.8 Å². The Morgan fingerprint density at radius 2 is 1.93 bits per heavy atom. The molecule has 0 radical (unpaired) electrons. The van der Waals surface area contributed by atoms with Crippen LogP contribution in [0.5, 0.6) is 5.75 Å². The Morgan fingerprint density at radius 1 is 1.30 bits per heavy atom. The van der Waals surface area contributed by atoms with E-state index in [1.807, 2.05) is 32.1 Å². The van der Waals surface area contributed by atoms with Crippen molar-refractivity contribution in [2.45, 2.75) is 40.0 Å². The van der Waals surface area contributed by atoms with Gasteiger partial charge in [0, 0.05) is 18.5 Å². The number of allylic oxidation sites excluding steroid dienone is 5. The van der Waals surface area contributed by atoms with Crippen LogP contribution in [-0.4, -0.2) is 31.6 Å². The molecule has 1 amide bonds. The fourth-order valence-electron chi connectivity index (χ4n) is 2.61. The van der Waals surface area contributed by atoms with Crippen molar-refractivity contribution in [1.82, 2.24) is 5.32 Å². The van der Waals surface area contributed by atoms with E-state index in [0.29, 0.717) is 5.57 Å². The minimum absolute atomic E-state index is 0.0513. The Bertz CT molecular complexity index is 702. The van der Waals surface area contributed by atoms with Crippen molar-refractivity contribution in [2.24, 2.45) is 0 Å². The van der Waals surface area contributed by atoms with Crippen molar-refractivity contribution < 1.29 is 19.4 Å². The van der Waals surface area contributed by atoms with Gasteiger partial charge >= 0.3 is 0 Å². The number of likely N-dealkylation sites (N-methyl/N-ethyl adjacent to an activating group) is 1. The molecule has 0 aliphatic heterocycles. The zero-order valence-corrected chi connectivity index (χ0v) is 17.1. The molecule has 0 heterocycles. The highest BCUT2D eigenvalue weighted by Crippen LogP contribution is 2.28. The summed E-state index contributed by atoms with van der Waals surface area (Å²) in [6.07, 6.45) is 7.27. The summed E-state index contributed by atoms with van der Waals surface area (Å²) >= 11 is 0. The lowest BCUT2D eigenvalue weighted by Gasteiger charge is -2.15. The van der Waals surface area contributed by atoms with Gasteiger partial charge in [0.2, 0.25) is 5.91 Å². The topological polar surface area (TPSA) is 75.6 Å². The van der Waals surface area contributed by atoms with Crippen LogP contribution in [0, 0.1) is 0 Å². The number of benzene rings is 1. The summed E-state index contributed by atoms with van der Waals surface area (Å²) in [5, 5.41) is 9.54. The molecule has 27 heavy (non-hydrogen) atoms. The van der Waals surface area contributed by atoms with Gasteiger partial charge in [0.25, 0.3) is 6.47 Å². The maximum atomic E-state index is 11.6. The maximum Gasteiger partial charge on any atom is 0.290 e. The number of amides is 1. The fraction of sp³-hybridized carbons (Fsp3) is 0.364. The molecule has 0 aliphatic carbocycles. The smallest absolute Gasteiger partial charge is 0.290 e. The number of carboxylic acid groups (broad SMARTS) is 1. The van der Waals surface area contributed by atoms with Crippen LogP contribution in [0.3, 0.4) is 0 Å². The van der Waals surface area contributed by atoms with E-state index in [0.717, 1.165) is 17.7 Å². The number of hydrogen-bond acceptors (Lipinski definition) is 3. The van der Waals surface area contributed by atoms with Crippen molar-refractivity contribution in [1.29, 1.82) is 0 Å². The van der Waals surface area contributed by atoms with E-state index in [4.69, 9.17) is 14.6 Å². The molecule has 1 rings (SSSR count). The summed E-state index contributed by atoms with van der Waals surface area (Å²) < 4.78 is 5.33. The number of carbonyl (C=O) groups is 2. The number of ether oxygens (including phenoxy) is 1. The van der Waals surface area contributed by atoms with E-state index in [2.05, 4.69) is 43.4 Å². The average Bonchev–Trinajstić information content (AvgIpc) is 2.66. The quantitative estimate of drug-likeness (QED) is 0.420. The van der Waals surface area contributed by atoms with Crippen LogP contribution in [-0.2, 0) is 9.59 Å². The largest absolute Gasteiger partial charge is 0.497 e. The Kier molecular flexibility index (Phi) is 12.0. The summed E-state index contributed by atoms with van der Waals surface area (Å²) in [6, 6.07) is 8.16. The molecule has 0 spiro atoms. The molecule has 1 atom stereocenters. The normalized spacial score (nSPS) is 13.2. The first-order valence-electron chi connectivity index (χ1n) is 8.85. The molecule has 5 heteroatoms. The molecule has 0 saturated carbocycles. The SMILES string of the molecule is CC/C=C(/C=C(C)\C=C(/C)C(=O)NC)C(C)c1cccc(OC)c1.O=CO. The molecule has 0 fully saturated rings. The van der Waals surface area contributed by atoms with Gasteiger partial charge in [-0.15, -0.1) is 0 Å². The van der Waals surface area contributed by atoms with E-state index < -0.39 is 0 Å². The fourth-order valence-corrected chi connectivity index (χ4v) is 2.61. The Hall–Kier alpha value is -2.82. The number of methoxy groups -OCH3 is 1. The van der Waals surface area contributed by atoms with Crippen molar-refractivity contribution >= 4 is 12.4 Å². The monoisotopic (exact) mass is 373 g/mol. The molecular formula is C22H31NO4. The van der Waals surface area contributed by atoms with Gasteiger partial charge in [-0.3, -0.25) is 9.59 Å². The van der Waals surface area contributed by atoms with Crippen LogP contribution in [0.4, 0.5) is 0 Å². The summed E-state index contributed by atoms with van der Waals surface area (Å²) in [5.74, 6) is 1.07.